The van der Waals surface area contributed by atoms with Gasteiger partial charge in [-0.2, -0.15) is 0 Å². The number of carbonyl (C=O) groups is 3. The summed E-state index contributed by atoms with van der Waals surface area (Å²) < 4.78 is 10.1. The van der Waals surface area contributed by atoms with E-state index in [0.29, 0.717) is 17.1 Å². The summed E-state index contributed by atoms with van der Waals surface area (Å²) >= 11 is 11.7. The van der Waals surface area contributed by atoms with Gasteiger partial charge in [0.15, 0.2) is 6.61 Å². The molecule has 2 amide bonds. The summed E-state index contributed by atoms with van der Waals surface area (Å²) in [7, 11) is 1.43. The van der Waals surface area contributed by atoms with Crippen LogP contribution in [-0.2, 0) is 14.3 Å². The molecule has 28 heavy (non-hydrogen) atoms. The Hall–Kier alpha value is -2.97. The SMILES string of the molecule is COc1ccc(NC(C)=O)cc1NC(=O)COC(=O)c1cc(Cl)cc(Cl)c1N. The first-order valence-electron chi connectivity index (χ1n) is 7.88. The summed E-state index contributed by atoms with van der Waals surface area (Å²) in [5, 5.41) is 5.44. The summed E-state index contributed by atoms with van der Waals surface area (Å²) in [6.45, 7) is 0.770. The van der Waals surface area contributed by atoms with Gasteiger partial charge in [0, 0.05) is 17.6 Å². The van der Waals surface area contributed by atoms with E-state index in [1.54, 1.807) is 12.1 Å². The quantitative estimate of drug-likeness (QED) is 0.482. The molecule has 0 aromatic heterocycles. The molecule has 0 aliphatic heterocycles. The predicted molar refractivity (Wildman–Crippen MR) is 107 cm³/mol. The molecule has 0 heterocycles. The lowest BCUT2D eigenvalue weighted by molar-refractivity contribution is -0.119. The maximum absolute atomic E-state index is 12.2. The number of nitrogens with two attached hydrogens (primary N) is 1. The molecule has 10 heteroatoms. The highest BCUT2D eigenvalue weighted by Crippen LogP contribution is 2.29. The highest BCUT2D eigenvalue weighted by atomic mass is 35.5. The molecule has 0 unspecified atom stereocenters. The molecule has 0 saturated carbocycles. The monoisotopic (exact) mass is 425 g/mol. The van der Waals surface area contributed by atoms with Gasteiger partial charge in [-0.1, -0.05) is 23.2 Å². The van der Waals surface area contributed by atoms with E-state index in [1.165, 1.54) is 32.2 Å². The second-order valence-electron chi connectivity index (χ2n) is 5.57. The fraction of sp³-hybridized carbons (Fsp3) is 0.167. The van der Waals surface area contributed by atoms with E-state index < -0.39 is 18.5 Å². The summed E-state index contributed by atoms with van der Waals surface area (Å²) in [5.74, 6) is -1.39. The Labute approximate surface area is 170 Å². The number of esters is 1. The molecule has 2 aromatic carbocycles. The lowest BCUT2D eigenvalue weighted by atomic mass is 10.2. The third-order valence-electron chi connectivity index (χ3n) is 3.44. The van der Waals surface area contributed by atoms with Crippen molar-refractivity contribution in [2.45, 2.75) is 6.92 Å². The number of hydrogen-bond acceptors (Lipinski definition) is 6. The van der Waals surface area contributed by atoms with Crippen molar-refractivity contribution in [2.75, 3.05) is 30.1 Å². The lowest BCUT2D eigenvalue weighted by Crippen LogP contribution is -2.22. The topological polar surface area (TPSA) is 120 Å². The molecule has 8 nitrogen and oxygen atoms in total. The maximum atomic E-state index is 12.2. The van der Waals surface area contributed by atoms with Crippen molar-refractivity contribution in [3.8, 4) is 5.75 Å². The zero-order chi connectivity index (χ0) is 20.8. The highest BCUT2D eigenvalue weighted by molar-refractivity contribution is 6.37. The van der Waals surface area contributed by atoms with Gasteiger partial charge in [-0.3, -0.25) is 9.59 Å². The molecular formula is C18H17Cl2N3O5. The number of ether oxygens (including phenoxy) is 2. The number of amides is 2. The van der Waals surface area contributed by atoms with E-state index in [0.717, 1.165) is 0 Å². The first kappa shape index (κ1) is 21.3. The Morgan fingerprint density at radius 3 is 2.46 bits per heavy atom. The van der Waals surface area contributed by atoms with Crippen LogP contribution >= 0.6 is 23.2 Å². The van der Waals surface area contributed by atoms with E-state index >= 15 is 0 Å². The van der Waals surface area contributed by atoms with Gasteiger partial charge < -0.3 is 25.8 Å². The van der Waals surface area contributed by atoms with Gasteiger partial charge in [-0.05, 0) is 30.3 Å². The fourth-order valence-corrected chi connectivity index (χ4v) is 2.73. The maximum Gasteiger partial charge on any atom is 0.340 e. The normalized spacial score (nSPS) is 10.1. The molecule has 0 aliphatic rings. The molecular weight excluding hydrogens is 409 g/mol. The van der Waals surface area contributed by atoms with Crippen molar-refractivity contribution in [1.82, 2.24) is 0 Å². The third-order valence-corrected chi connectivity index (χ3v) is 3.97. The first-order valence-corrected chi connectivity index (χ1v) is 8.64. The van der Waals surface area contributed by atoms with Crippen molar-refractivity contribution in [3.63, 3.8) is 0 Å². The van der Waals surface area contributed by atoms with Crippen LogP contribution < -0.4 is 21.1 Å². The van der Waals surface area contributed by atoms with E-state index in [4.69, 9.17) is 38.4 Å². The van der Waals surface area contributed by atoms with Crippen LogP contribution in [0.5, 0.6) is 5.75 Å². The number of carbonyl (C=O) groups excluding carboxylic acids is 3. The van der Waals surface area contributed by atoms with Crippen LogP contribution in [-0.4, -0.2) is 31.5 Å². The molecule has 2 rings (SSSR count). The largest absolute Gasteiger partial charge is 0.495 e. The van der Waals surface area contributed by atoms with Crippen molar-refractivity contribution in [1.29, 1.82) is 0 Å². The molecule has 0 bridgehead atoms. The minimum Gasteiger partial charge on any atom is -0.495 e. The molecule has 0 spiro atoms. The molecule has 0 saturated heterocycles. The van der Waals surface area contributed by atoms with Crippen LogP contribution in [0.3, 0.4) is 0 Å². The second-order valence-corrected chi connectivity index (χ2v) is 6.41. The Kier molecular flexibility index (Phi) is 7.08. The van der Waals surface area contributed by atoms with Gasteiger partial charge in [0.05, 0.1) is 29.1 Å². The van der Waals surface area contributed by atoms with Crippen LogP contribution in [0.4, 0.5) is 17.1 Å². The summed E-state index contributed by atoms with van der Waals surface area (Å²) in [6.07, 6.45) is 0. The van der Waals surface area contributed by atoms with Gasteiger partial charge in [-0.15, -0.1) is 0 Å². The number of nitrogen functional groups attached to an aromatic ring is 1. The highest BCUT2D eigenvalue weighted by Gasteiger charge is 2.17. The number of benzene rings is 2. The second kappa shape index (κ2) is 9.29. The molecule has 0 radical (unpaired) electrons. The van der Waals surface area contributed by atoms with E-state index in [-0.39, 0.29) is 27.2 Å². The first-order chi connectivity index (χ1) is 13.2. The zero-order valence-corrected chi connectivity index (χ0v) is 16.5. The van der Waals surface area contributed by atoms with E-state index in [2.05, 4.69) is 10.6 Å². The van der Waals surface area contributed by atoms with Crippen LogP contribution in [0.25, 0.3) is 0 Å². The summed E-state index contributed by atoms with van der Waals surface area (Å²) in [4.78, 5) is 35.5. The van der Waals surface area contributed by atoms with Gasteiger partial charge >= 0.3 is 5.97 Å². The standard InChI is InChI=1S/C18H17Cl2N3O5/c1-9(24)22-11-3-4-15(27-2)14(7-11)23-16(25)8-28-18(26)12-5-10(19)6-13(20)17(12)21/h3-7H,8,21H2,1-2H3,(H,22,24)(H,23,25). The van der Waals surface area contributed by atoms with Crippen LogP contribution in [0.1, 0.15) is 17.3 Å². The average molecular weight is 426 g/mol. The molecule has 4 N–H and O–H groups in total. The van der Waals surface area contributed by atoms with E-state index in [1.807, 2.05) is 0 Å². The molecule has 148 valence electrons. The van der Waals surface area contributed by atoms with Gasteiger partial charge in [0.25, 0.3) is 5.91 Å². The Bertz CT molecular complexity index is 934. The number of methoxy groups -OCH3 is 1. The van der Waals surface area contributed by atoms with Crippen molar-refractivity contribution < 1.29 is 23.9 Å². The summed E-state index contributed by atoms with van der Waals surface area (Å²) in [6, 6.07) is 7.37. The Morgan fingerprint density at radius 2 is 1.82 bits per heavy atom. The third kappa shape index (κ3) is 5.51. The average Bonchev–Trinajstić information content (AvgIpc) is 2.62. The van der Waals surface area contributed by atoms with Gasteiger partial charge in [0.2, 0.25) is 5.91 Å². The molecule has 0 atom stereocenters. The number of anilines is 3. The molecule has 2 aromatic rings. The summed E-state index contributed by atoms with van der Waals surface area (Å²) in [5.41, 5.74) is 6.44. The fourth-order valence-electron chi connectivity index (χ4n) is 2.24. The van der Waals surface area contributed by atoms with Gasteiger partial charge in [0.1, 0.15) is 5.75 Å². The van der Waals surface area contributed by atoms with E-state index in [9.17, 15) is 14.4 Å². The smallest absolute Gasteiger partial charge is 0.340 e. The number of rotatable bonds is 6. The minimum absolute atomic E-state index is 0.00107. The Balaban J connectivity index is 2.06. The van der Waals surface area contributed by atoms with Crippen LogP contribution in [0.15, 0.2) is 30.3 Å². The van der Waals surface area contributed by atoms with Crippen LogP contribution in [0, 0.1) is 0 Å². The minimum atomic E-state index is -0.851. The number of halogens is 2. The number of nitrogens with one attached hydrogen (secondary N) is 2. The predicted octanol–water partition coefficient (Wildman–Crippen LogP) is 3.34. The van der Waals surface area contributed by atoms with Crippen molar-refractivity contribution in [3.05, 3.63) is 45.9 Å². The zero-order valence-electron chi connectivity index (χ0n) is 15.0. The Morgan fingerprint density at radius 1 is 1.11 bits per heavy atom. The van der Waals surface area contributed by atoms with Crippen LogP contribution in [0.2, 0.25) is 10.0 Å². The number of hydrogen-bond donors (Lipinski definition) is 3. The lowest BCUT2D eigenvalue weighted by Gasteiger charge is -2.13. The molecule has 0 fully saturated rings. The molecule has 0 aliphatic carbocycles. The van der Waals surface area contributed by atoms with Crippen molar-refractivity contribution >= 4 is 58.0 Å². The van der Waals surface area contributed by atoms with Crippen molar-refractivity contribution in [2.24, 2.45) is 0 Å². The van der Waals surface area contributed by atoms with Gasteiger partial charge in [-0.25, -0.2) is 4.79 Å².